The molecule has 2 aromatic carbocycles. The van der Waals surface area contributed by atoms with Crippen molar-refractivity contribution in [3.63, 3.8) is 0 Å². The number of amides is 3. The Morgan fingerprint density at radius 1 is 1.05 bits per heavy atom. The van der Waals surface area contributed by atoms with Crippen LogP contribution in [0.25, 0.3) is 0 Å². The topological polar surface area (TPSA) is 113 Å². The Hall–Kier alpha value is -4.11. The SMILES string of the molecule is CCOC(=O)CN(C)C(=O)c1cnc(NNC(=O)NC2c3ccccc3CCc3ccccc32)c(Cl)c1. The summed E-state index contributed by atoms with van der Waals surface area (Å²) < 4.78 is 4.87. The normalized spacial score (nSPS) is 12.4. The molecule has 0 spiro atoms. The molecule has 9 nitrogen and oxygen atoms in total. The predicted octanol–water partition coefficient (Wildman–Crippen LogP) is 3.88. The molecule has 192 valence electrons. The summed E-state index contributed by atoms with van der Waals surface area (Å²) in [6, 6.07) is 16.8. The van der Waals surface area contributed by atoms with Gasteiger partial charge in [-0.2, -0.15) is 0 Å². The zero-order chi connectivity index (χ0) is 26.4. The number of hydrogen-bond acceptors (Lipinski definition) is 6. The molecule has 0 bridgehead atoms. The minimum atomic E-state index is -0.509. The molecule has 0 saturated heterocycles. The summed E-state index contributed by atoms with van der Waals surface area (Å²) in [5.41, 5.74) is 9.95. The Balaban J connectivity index is 1.42. The average molecular weight is 522 g/mol. The number of carbonyl (C=O) groups is 3. The molecule has 0 atom stereocenters. The highest BCUT2D eigenvalue weighted by atomic mass is 35.5. The Morgan fingerprint density at radius 3 is 2.27 bits per heavy atom. The summed E-state index contributed by atoms with van der Waals surface area (Å²) in [4.78, 5) is 42.5. The number of ether oxygens (including phenoxy) is 1. The van der Waals surface area contributed by atoms with E-state index in [2.05, 4.69) is 33.3 Å². The number of rotatable bonds is 7. The van der Waals surface area contributed by atoms with Crippen LogP contribution in [-0.2, 0) is 22.4 Å². The first-order valence-electron chi connectivity index (χ1n) is 11.9. The highest BCUT2D eigenvalue weighted by molar-refractivity contribution is 6.33. The fourth-order valence-corrected chi connectivity index (χ4v) is 4.52. The second-order valence-electron chi connectivity index (χ2n) is 8.57. The number of anilines is 1. The van der Waals surface area contributed by atoms with E-state index in [1.807, 2.05) is 36.4 Å². The zero-order valence-corrected chi connectivity index (χ0v) is 21.3. The molecule has 1 heterocycles. The van der Waals surface area contributed by atoms with Crippen LogP contribution in [0.15, 0.2) is 60.8 Å². The van der Waals surface area contributed by atoms with Crippen molar-refractivity contribution in [1.29, 1.82) is 0 Å². The van der Waals surface area contributed by atoms with Gasteiger partial charge in [-0.1, -0.05) is 60.1 Å². The summed E-state index contributed by atoms with van der Waals surface area (Å²) >= 11 is 6.31. The van der Waals surface area contributed by atoms with Gasteiger partial charge in [0, 0.05) is 13.2 Å². The van der Waals surface area contributed by atoms with Crippen molar-refractivity contribution < 1.29 is 19.1 Å². The van der Waals surface area contributed by atoms with Gasteiger partial charge in [0.1, 0.15) is 6.54 Å². The van der Waals surface area contributed by atoms with Crippen molar-refractivity contribution in [1.82, 2.24) is 20.6 Å². The van der Waals surface area contributed by atoms with Crippen LogP contribution in [0.1, 0.15) is 45.6 Å². The van der Waals surface area contributed by atoms with Crippen molar-refractivity contribution in [3.8, 4) is 0 Å². The molecule has 3 N–H and O–H groups in total. The van der Waals surface area contributed by atoms with E-state index in [-0.39, 0.29) is 35.6 Å². The molecule has 10 heteroatoms. The number of esters is 1. The molecule has 37 heavy (non-hydrogen) atoms. The summed E-state index contributed by atoms with van der Waals surface area (Å²) in [5, 5.41) is 3.17. The summed E-state index contributed by atoms with van der Waals surface area (Å²) in [6.07, 6.45) is 3.10. The van der Waals surface area contributed by atoms with Gasteiger partial charge >= 0.3 is 12.0 Å². The van der Waals surface area contributed by atoms with Crippen molar-refractivity contribution in [3.05, 3.63) is 93.6 Å². The van der Waals surface area contributed by atoms with E-state index in [1.54, 1.807) is 6.92 Å². The first-order chi connectivity index (χ1) is 17.9. The molecule has 3 amide bonds. The molecule has 0 fully saturated rings. The number of fused-ring (bicyclic) bond motifs is 2. The fraction of sp³-hybridized carbons (Fsp3) is 0.259. The second kappa shape index (κ2) is 11.7. The van der Waals surface area contributed by atoms with Crippen LogP contribution in [0.5, 0.6) is 0 Å². The molecular formula is C27H28ClN5O4. The molecule has 3 aromatic rings. The summed E-state index contributed by atoms with van der Waals surface area (Å²) in [6.45, 7) is 1.73. The lowest BCUT2D eigenvalue weighted by Crippen LogP contribution is -2.41. The van der Waals surface area contributed by atoms with E-state index in [4.69, 9.17) is 16.3 Å². The van der Waals surface area contributed by atoms with E-state index in [1.165, 1.54) is 35.3 Å². The van der Waals surface area contributed by atoms with Gasteiger partial charge in [0.2, 0.25) is 0 Å². The highest BCUT2D eigenvalue weighted by Crippen LogP contribution is 2.32. The van der Waals surface area contributed by atoms with Gasteiger partial charge in [-0.05, 0) is 48.1 Å². The monoisotopic (exact) mass is 521 g/mol. The highest BCUT2D eigenvalue weighted by Gasteiger charge is 2.25. The van der Waals surface area contributed by atoms with Crippen molar-refractivity contribution in [2.45, 2.75) is 25.8 Å². The second-order valence-corrected chi connectivity index (χ2v) is 8.98. The number of nitrogens with one attached hydrogen (secondary N) is 3. The number of carbonyl (C=O) groups excluding carboxylic acids is 3. The van der Waals surface area contributed by atoms with Crippen LogP contribution in [-0.4, -0.2) is 48.0 Å². The molecule has 4 rings (SSSR count). The van der Waals surface area contributed by atoms with Gasteiger partial charge in [0.25, 0.3) is 5.91 Å². The zero-order valence-electron chi connectivity index (χ0n) is 20.6. The average Bonchev–Trinajstić information content (AvgIpc) is 3.05. The van der Waals surface area contributed by atoms with E-state index in [0.29, 0.717) is 0 Å². The van der Waals surface area contributed by atoms with Gasteiger partial charge in [0.15, 0.2) is 5.82 Å². The maximum atomic E-state index is 12.9. The molecule has 0 unspecified atom stereocenters. The minimum absolute atomic E-state index is 0.126. The van der Waals surface area contributed by atoms with Crippen molar-refractivity contribution >= 4 is 35.3 Å². The smallest absolute Gasteiger partial charge is 0.334 e. The first kappa shape index (κ1) is 26.0. The number of hydrogen-bond donors (Lipinski definition) is 3. The molecule has 1 aliphatic rings. The number of nitrogens with zero attached hydrogens (tertiary/aromatic N) is 2. The maximum absolute atomic E-state index is 12.9. The van der Waals surface area contributed by atoms with Gasteiger partial charge in [0.05, 0.1) is 23.2 Å². The number of benzene rings is 2. The van der Waals surface area contributed by atoms with Crippen molar-refractivity contribution in [2.24, 2.45) is 0 Å². The largest absolute Gasteiger partial charge is 0.465 e. The van der Waals surface area contributed by atoms with Crippen LogP contribution >= 0.6 is 11.6 Å². The summed E-state index contributed by atoms with van der Waals surface area (Å²) in [7, 11) is 1.48. The molecule has 0 radical (unpaired) electrons. The van der Waals surface area contributed by atoms with E-state index in [9.17, 15) is 14.4 Å². The minimum Gasteiger partial charge on any atom is -0.465 e. The first-order valence-corrected chi connectivity index (χ1v) is 12.3. The third kappa shape index (κ3) is 6.18. The van der Waals surface area contributed by atoms with Gasteiger partial charge in [-0.25, -0.2) is 9.78 Å². The third-order valence-electron chi connectivity index (χ3n) is 6.07. The fourth-order valence-electron chi connectivity index (χ4n) is 4.30. The lowest BCUT2D eigenvalue weighted by atomic mass is 9.95. The molecular weight excluding hydrogens is 494 g/mol. The molecule has 0 aliphatic heterocycles. The Bertz CT molecular complexity index is 1270. The number of hydrazine groups is 1. The number of urea groups is 1. The van der Waals surface area contributed by atoms with Crippen LogP contribution in [0, 0.1) is 0 Å². The van der Waals surface area contributed by atoms with Crippen LogP contribution < -0.4 is 16.2 Å². The van der Waals surface area contributed by atoms with E-state index < -0.39 is 17.9 Å². The lowest BCUT2D eigenvalue weighted by molar-refractivity contribution is -0.143. The number of likely N-dealkylation sites (N-methyl/N-ethyl adjacent to an activating group) is 1. The van der Waals surface area contributed by atoms with Gasteiger partial charge < -0.3 is 15.0 Å². The molecule has 0 saturated carbocycles. The maximum Gasteiger partial charge on any atom is 0.334 e. The van der Waals surface area contributed by atoms with Crippen LogP contribution in [0.3, 0.4) is 0 Å². The standard InChI is InChI=1S/C27H28ClN5O4/c1-3-37-23(34)16-33(2)26(35)19-14-22(28)25(29-15-19)31-32-27(36)30-24-20-10-6-4-8-17(20)12-13-18-9-5-7-11-21(18)24/h4-11,14-15,24H,3,12-13,16H2,1-2H3,(H,29,31)(H2,30,32,36). The Kier molecular flexibility index (Phi) is 8.25. The number of pyridine rings is 1. The molecule has 1 aliphatic carbocycles. The van der Waals surface area contributed by atoms with Crippen LogP contribution in [0.4, 0.5) is 10.6 Å². The quantitative estimate of drug-likeness (QED) is 0.321. The third-order valence-corrected chi connectivity index (χ3v) is 6.36. The number of halogens is 1. The number of aryl methyl sites for hydroxylation is 2. The lowest BCUT2D eigenvalue weighted by Gasteiger charge is -2.22. The van der Waals surface area contributed by atoms with Gasteiger partial charge in [-0.3, -0.25) is 20.4 Å². The Labute approximate surface area is 220 Å². The number of aromatic nitrogens is 1. The van der Waals surface area contributed by atoms with E-state index >= 15 is 0 Å². The summed E-state index contributed by atoms with van der Waals surface area (Å²) in [5.74, 6) is -0.779. The van der Waals surface area contributed by atoms with E-state index in [0.717, 1.165) is 24.0 Å². The Morgan fingerprint density at radius 2 is 1.68 bits per heavy atom. The molecule has 1 aromatic heterocycles. The van der Waals surface area contributed by atoms with Crippen molar-refractivity contribution in [2.75, 3.05) is 25.6 Å². The predicted molar refractivity (Wildman–Crippen MR) is 140 cm³/mol. The van der Waals surface area contributed by atoms with Crippen LogP contribution in [0.2, 0.25) is 5.02 Å². The van der Waals surface area contributed by atoms with Gasteiger partial charge in [-0.15, -0.1) is 0 Å².